The van der Waals surface area contributed by atoms with Crippen LogP contribution in [0, 0.1) is 5.92 Å². The van der Waals surface area contributed by atoms with Crippen LogP contribution in [0.2, 0.25) is 5.02 Å². The van der Waals surface area contributed by atoms with Crippen molar-refractivity contribution in [2.24, 2.45) is 5.92 Å². The van der Waals surface area contributed by atoms with Crippen LogP contribution in [0.5, 0.6) is 0 Å². The van der Waals surface area contributed by atoms with Gasteiger partial charge in [0.15, 0.2) is 0 Å². The number of carbonyl (C=O) groups is 1. The molecule has 126 valence electrons. The van der Waals surface area contributed by atoms with Crippen molar-refractivity contribution in [2.45, 2.75) is 26.4 Å². The third-order valence-corrected chi connectivity index (χ3v) is 5.60. The van der Waals surface area contributed by atoms with Crippen LogP contribution in [0.3, 0.4) is 0 Å². The summed E-state index contributed by atoms with van der Waals surface area (Å²) in [4.78, 5) is 18.5. The van der Waals surface area contributed by atoms with Gasteiger partial charge < -0.3 is 4.90 Å². The minimum absolute atomic E-state index is 0.199. The fourth-order valence-corrected chi connectivity index (χ4v) is 4.08. The Morgan fingerprint density at radius 1 is 1.17 bits per heavy atom. The standard InChI is InChI=1S/C18H26ClN3O/c1-14-11-20(12-16-5-3-4-6-17(16)19)13-18(14)22-9-7-21(8-10-22)15(2)23/h3-6,14,18H,7-13H2,1-2H3. The third kappa shape index (κ3) is 3.87. The van der Waals surface area contributed by atoms with Crippen LogP contribution in [0.4, 0.5) is 0 Å². The van der Waals surface area contributed by atoms with Crippen LogP contribution in [0.15, 0.2) is 24.3 Å². The number of rotatable bonds is 3. The van der Waals surface area contributed by atoms with Gasteiger partial charge in [-0.05, 0) is 17.5 Å². The molecule has 23 heavy (non-hydrogen) atoms. The molecule has 0 spiro atoms. The Morgan fingerprint density at radius 2 is 1.87 bits per heavy atom. The van der Waals surface area contributed by atoms with Crippen LogP contribution >= 0.6 is 11.6 Å². The molecule has 0 bridgehead atoms. The fraction of sp³-hybridized carbons (Fsp3) is 0.611. The lowest BCUT2D eigenvalue weighted by molar-refractivity contribution is -0.130. The first kappa shape index (κ1) is 16.7. The van der Waals surface area contributed by atoms with Crippen LogP contribution in [0.25, 0.3) is 0 Å². The highest BCUT2D eigenvalue weighted by Gasteiger charge is 2.35. The van der Waals surface area contributed by atoms with Gasteiger partial charge in [-0.1, -0.05) is 36.7 Å². The SMILES string of the molecule is CC(=O)N1CCN(C2CN(Cc3ccccc3Cl)CC2C)CC1. The molecule has 1 aromatic carbocycles. The highest BCUT2D eigenvalue weighted by Crippen LogP contribution is 2.26. The average molecular weight is 336 g/mol. The molecule has 2 aliphatic rings. The molecule has 2 unspecified atom stereocenters. The Morgan fingerprint density at radius 3 is 2.52 bits per heavy atom. The van der Waals surface area contributed by atoms with Gasteiger partial charge >= 0.3 is 0 Å². The number of hydrogen-bond donors (Lipinski definition) is 0. The van der Waals surface area contributed by atoms with E-state index in [2.05, 4.69) is 28.9 Å². The normalized spacial score (nSPS) is 26.7. The molecule has 2 saturated heterocycles. The van der Waals surface area contributed by atoms with E-state index >= 15 is 0 Å². The number of nitrogens with zero attached hydrogens (tertiary/aromatic N) is 3. The first-order valence-corrected chi connectivity index (χ1v) is 8.87. The van der Waals surface area contributed by atoms with Gasteiger partial charge in [0.25, 0.3) is 0 Å². The Balaban J connectivity index is 1.57. The molecule has 0 aliphatic carbocycles. The summed E-state index contributed by atoms with van der Waals surface area (Å²) in [7, 11) is 0. The molecular weight excluding hydrogens is 310 g/mol. The third-order valence-electron chi connectivity index (χ3n) is 5.23. The molecule has 2 heterocycles. The van der Waals surface area contributed by atoms with E-state index < -0.39 is 0 Å². The Bertz CT molecular complexity index is 557. The molecule has 4 nitrogen and oxygen atoms in total. The van der Waals surface area contributed by atoms with Gasteiger partial charge in [0.2, 0.25) is 5.91 Å². The van der Waals surface area contributed by atoms with E-state index in [1.165, 1.54) is 5.56 Å². The van der Waals surface area contributed by atoms with Gasteiger partial charge in [0.05, 0.1) is 0 Å². The Hall–Kier alpha value is -1.10. The van der Waals surface area contributed by atoms with Gasteiger partial charge in [0.1, 0.15) is 0 Å². The first-order valence-electron chi connectivity index (χ1n) is 8.50. The maximum Gasteiger partial charge on any atom is 0.219 e. The minimum Gasteiger partial charge on any atom is -0.340 e. The molecule has 5 heteroatoms. The molecule has 0 radical (unpaired) electrons. The zero-order valence-corrected chi connectivity index (χ0v) is 14.8. The van der Waals surface area contributed by atoms with Gasteiger partial charge in [-0.2, -0.15) is 0 Å². The van der Waals surface area contributed by atoms with Crippen molar-refractivity contribution in [1.82, 2.24) is 14.7 Å². The summed E-state index contributed by atoms with van der Waals surface area (Å²) in [6.07, 6.45) is 0. The molecule has 1 aromatic rings. The highest BCUT2D eigenvalue weighted by molar-refractivity contribution is 6.31. The lowest BCUT2D eigenvalue weighted by Crippen LogP contribution is -2.53. The molecule has 0 aromatic heterocycles. The summed E-state index contributed by atoms with van der Waals surface area (Å²) in [5, 5.41) is 0.860. The molecule has 1 amide bonds. The number of carbonyl (C=O) groups excluding carboxylic acids is 1. The lowest BCUT2D eigenvalue weighted by Gasteiger charge is -2.39. The number of halogens is 1. The topological polar surface area (TPSA) is 26.8 Å². The van der Waals surface area contributed by atoms with E-state index in [4.69, 9.17) is 11.6 Å². The Kier molecular flexibility index (Phi) is 5.24. The number of amides is 1. The van der Waals surface area contributed by atoms with Gasteiger partial charge in [-0.3, -0.25) is 14.6 Å². The number of likely N-dealkylation sites (tertiary alicyclic amines) is 1. The monoisotopic (exact) mass is 335 g/mol. The maximum absolute atomic E-state index is 11.5. The van der Waals surface area contributed by atoms with Crippen LogP contribution < -0.4 is 0 Å². The van der Waals surface area contributed by atoms with Crippen molar-refractivity contribution in [3.63, 3.8) is 0 Å². The maximum atomic E-state index is 11.5. The second-order valence-electron chi connectivity index (χ2n) is 6.87. The van der Waals surface area contributed by atoms with Crippen molar-refractivity contribution in [3.05, 3.63) is 34.9 Å². The molecule has 3 rings (SSSR count). The van der Waals surface area contributed by atoms with Gasteiger partial charge in [-0.15, -0.1) is 0 Å². The van der Waals surface area contributed by atoms with E-state index in [1.807, 2.05) is 17.0 Å². The van der Waals surface area contributed by atoms with E-state index in [1.54, 1.807) is 6.92 Å². The smallest absolute Gasteiger partial charge is 0.219 e. The summed E-state index contributed by atoms with van der Waals surface area (Å²) < 4.78 is 0. The summed E-state index contributed by atoms with van der Waals surface area (Å²) in [6, 6.07) is 8.71. The minimum atomic E-state index is 0.199. The molecule has 0 N–H and O–H groups in total. The quantitative estimate of drug-likeness (QED) is 0.848. The second-order valence-corrected chi connectivity index (χ2v) is 7.28. The first-order chi connectivity index (χ1) is 11.0. The van der Waals surface area contributed by atoms with Crippen molar-refractivity contribution < 1.29 is 4.79 Å². The zero-order chi connectivity index (χ0) is 16.4. The lowest BCUT2D eigenvalue weighted by atomic mass is 10.0. The van der Waals surface area contributed by atoms with Crippen molar-refractivity contribution in [3.8, 4) is 0 Å². The highest BCUT2D eigenvalue weighted by atomic mass is 35.5. The van der Waals surface area contributed by atoms with Crippen LogP contribution in [-0.2, 0) is 11.3 Å². The summed E-state index contributed by atoms with van der Waals surface area (Å²) >= 11 is 6.30. The summed E-state index contributed by atoms with van der Waals surface area (Å²) in [5.41, 5.74) is 1.21. The van der Waals surface area contributed by atoms with E-state index in [0.29, 0.717) is 12.0 Å². The van der Waals surface area contributed by atoms with Gasteiger partial charge in [0, 0.05) is 63.8 Å². The largest absolute Gasteiger partial charge is 0.340 e. The summed E-state index contributed by atoms with van der Waals surface area (Å²) in [6.45, 7) is 10.9. The number of piperazine rings is 1. The average Bonchev–Trinajstić information content (AvgIpc) is 2.90. The molecular formula is C18H26ClN3O. The second kappa shape index (κ2) is 7.20. The summed E-state index contributed by atoms with van der Waals surface area (Å²) in [5.74, 6) is 0.853. The Labute approximate surface area is 144 Å². The van der Waals surface area contributed by atoms with Crippen LogP contribution in [-0.4, -0.2) is 65.9 Å². The van der Waals surface area contributed by atoms with E-state index in [0.717, 1.165) is 50.8 Å². The predicted molar refractivity (Wildman–Crippen MR) is 93.5 cm³/mol. The van der Waals surface area contributed by atoms with Crippen molar-refractivity contribution >= 4 is 17.5 Å². The van der Waals surface area contributed by atoms with E-state index in [9.17, 15) is 4.79 Å². The predicted octanol–water partition coefficient (Wildman–Crippen LogP) is 2.32. The van der Waals surface area contributed by atoms with E-state index in [-0.39, 0.29) is 5.91 Å². The molecule has 0 saturated carbocycles. The number of hydrogen-bond acceptors (Lipinski definition) is 3. The van der Waals surface area contributed by atoms with Crippen molar-refractivity contribution in [1.29, 1.82) is 0 Å². The molecule has 2 atom stereocenters. The molecule has 2 aliphatic heterocycles. The zero-order valence-electron chi connectivity index (χ0n) is 14.0. The van der Waals surface area contributed by atoms with Crippen molar-refractivity contribution in [2.75, 3.05) is 39.3 Å². The number of benzene rings is 1. The van der Waals surface area contributed by atoms with Gasteiger partial charge in [-0.25, -0.2) is 0 Å². The fourth-order valence-electron chi connectivity index (χ4n) is 3.89. The van der Waals surface area contributed by atoms with Crippen LogP contribution in [0.1, 0.15) is 19.4 Å². The molecule has 2 fully saturated rings.